The number of hydrogen-bond donors (Lipinski definition) is 1. The fraction of sp³-hybridized carbons (Fsp3) is 0.200. The summed E-state index contributed by atoms with van der Waals surface area (Å²) >= 11 is 0. The molecule has 1 unspecified atom stereocenters. The average molecular weight is 385 g/mol. The van der Waals surface area contributed by atoms with E-state index in [1.165, 1.54) is 17.9 Å². The number of halogens is 2. The molecule has 0 saturated carbocycles. The van der Waals surface area contributed by atoms with Gasteiger partial charge in [0.2, 0.25) is 5.91 Å². The number of nitrogens with zero attached hydrogens (tertiary/aromatic N) is 2. The highest BCUT2D eigenvalue weighted by atomic mass is 19.1. The van der Waals surface area contributed by atoms with Crippen molar-refractivity contribution in [1.29, 1.82) is 0 Å². The third-order valence-corrected chi connectivity index (χ3v) is 4.77. The van der Waals surface area contributed by atoms with Crippen LogP contribution in [0.1, 0.15) is 23.5 Å². The fourth-order valence-corrected chi connectivity index (χ4v) is 3.42. The lowest BCUT2D eigenvalue weighted by Gasteiger charge is -2.24. The SMILES string of the molecule is COc1ccc(C2CC(=O)Nc3c2cnn3-c2ccc(F)cc2F)cc1OC. The second-order valence-corrected chi connectivity index (χ2v) is 6.38. The van der Waals surface area contributed by atoms with Crippen molar-refractivity contribution in [2.75, 3.05) is 19.5 Å². The first-order valence-electron chi connectivity index (χ1n) is 8.57. The van der Waals surface area contributed by atoms with Crippen LogP contribution in [0.15, 0.2) is 42.6 Å². The molecule has 1 aromatic heterocycles. The Morgan fingerprint density at radius 1 is 1.11 bits per heavy atom. The number of amides is 1. The van der Waals surface area contributed by atoms with Gasteiger partial charge in [-0.05, 0) is 29.8 Å². The Balaban J connectivity index is 1.81. The third kappa shape index (κ3) is 2.96. The molecule has 6 nitrogen and oxygen atoms in total. The molecule has 8 heteroatoms. The zero-order valence-corrected chi connectivity index (χ0v) is 15.2. The van der Waals surface area contributed by atoms with Crippen molar-refractivity contribution in [2.24, 2.45) is 0 Å². The minimum absolute atomic E-state index is 0.0518. The Hall–Kier alpha value is -3.42. The molecule has 1 atom stereocenters. The van der Waals surface area contributed by atoms with E-state index in [1.54, 1.807) is 19.4 Å². The molecule has 0 radical (unpaired) electrons. The van der Waals surface area contributed by atoms with Crippen molar-refractivity contribution in [3.8, 4) is 17.2 Å². The van der Waals surface area contributed by atoms with Crippen LogP contribution in [-0.2, 0) is 4.79 Å². The Labute approximate surface area is 159 Å². The van der Waals surface area contributed by atoms with E-state index < -0.39 is 11.6 Å². The average Bonchev–Trinajstić information content (AvgIpc) is 3.10. The molecule has 4 rings (SSSR count). The van der Waals surface area contributed by atoms with E-state index in [0.717, 1.165) is 23.3 Å². The van der Waals surface area contributed by atoms with Crippen LogP contribution in [0.2, 0.25) is 0 Å². The van der Waals surface area contributed by atoms with Gasteiger partial charge in [0, 0.05) is 24.0 Å². The molecule has 1 amide bonds. The quantitative estimate of drug-likeness (QED) is 0.745. The van der Waals surface area contributed by atoms with E-state index in [4.69, 9.17) is 9.47 Å². The van der Waals surface area contributed by atoms with E-state index in [1.807, 2.05) is 12.1 Å². The molecule has 144 valence electrons. The number of methoxy groups -OCH3 is 2. The van der Waals surface area contributed by atoms with E-state index in [-0.39, 0.29) is 23.9 Å². The van der Waals surface area contributed by atoms with Gasteiger partial charge in [0.15, 0.2) is 17.3 Å². The third-order valence-electron chi connectivity index (χ3n) is 4.77. The number of anilines is 1. The summed E-state index contributed by atoms with van der Waals surface area (Å²) in [6, 6.07) is 8.63. The first kappa shape index (κ1) is 18.0. The Morgan fingerprint density at radius 2 is 1.89 bits per heavy atom. The second-order valence-electron chi connectivity index (χ2n) is 6.38. The maximum Gasteiger partial charge on any atom is 0.226 e. The monoisotopic (exact) mass is 385 g/mol. The fourth-order valence-electron chi connectivity index (χ4n) is 3.42. The molecule has 3 aromatic rings. The van der Waals surface area contributed by atoms with Gasteiger partial charge in [0.1, 0.15) is 17.3 Å². The normalized spacial score (nSPS) is 15.7. The molecule has 0 bridgehead atoms. The molecular weight excluding hydrogens is 368 g/mol. The number of rotatable bonds is 4. The number of ether oxygens (including phenoxy) is 2. The maximum absolute atomic E-state index is 14.2. The van der Waals surface area contributed by atoms with Gasteiger partial charge in [-0.3, -0.25) is 4.79 Å². The second kappa shape index (κ2) is 6.95. The zero-order chi connectivity index (χ0) is 19.8. The lowest BCUT2D eigenvalue weighted by atomic mass is 9.87. The van der Waals surface area contributed by atoms with Crippen LogP contribution >= 0.6 is 0 Å². The lowest BCUT2D eigenvalue weighted by molar-refractivity contribution is -0.116. The molecule has 0 spiro atoms. The summed E-state index contributed by atoms with van der Waals surface area (Å²) in [5.41, 5.74) is 1.62. The number of aromatic nitrogens is 2. The van der Waals surface area contributed by atoms with Crippen molar-refractivity contribution in [2.45, 2.75) is 12.3 Å². The molecule has 0 aliphatic carbocycles. The van der Waals surface area contributed by atoms with Gasteiger partial charge in [0.05, 0.1) is 20.4 Å². The molecule has 1 N–H and O–H groups in total. The van der Waals surface area contributed by atoms with Crippen molar-refractivity contribution in [3.05, 3.63) is 65.4 Å². The smallest absolute Gasteiger partial charge is 0.226 e. The van der Waals surface area contributed by atoms with E-state index in [9.17, 15) is 13.6 Å². The maximum atomic E-state index is 14.2. The Kier molecular flexibility index (Phi) is 4.46. The van der Waals surface area contributed by atoms with Gasteiger partial charge in [-0.1, -0.05) is 6.07 Å². The Morgan fingerprint density at radius 3 is 2.61 bits per heavy atom. The van der Waals surface area contributed by atoms with Gasteiger partial charge >= 0.3 is 0 Å². The summed E-state index contributed by atoms with van der Waals surface area (Å²) in [5, 5.41) is 6.97. The predicted octanol–water partition coefficient (Wildman–Crippen LogP) is 3.64. The van der Waals surface area contributed by atoms with Crippen LogP contribution in [-0.4, -0.2) is 29.9 Å². The van der Waals surface area contributed by atoms with Crippen molar-refractivity contribution >= 4 is 11.7 Å². The molecule has 0 saturated heterocycles. The van der Waals surface area contributed by atoms with E-state index in [2.05, 4.69) is 10.4 Å². The topological polar surface area (TPSA) is 65.4 Å². The van der Waals surface area contributed by atoms with Crippen molar-refractivity contribution in [1.82, 2.24) is 9.78 Å². The van der Waals surface area contributed by atoms with Crippen LogP contribution in [0.5, 0.6) is 11.5 Å². The molecule has 28 heavy (non-hydrogen) atoms. The first-order valence-corrected chi connectivity index (χ1v) is 8.57. The van der Waals surface area contributed by atoms with Crippen LogP contribution in [0.3, 0.4) is 0 Å². The molecule has 1 aliphatic rings. The summed E-state index contributed by atoms with van der Waals surface area (Å²) < 4.78 is 39.4. The first-order chi connectivity index (χ1) is 13.5. The lowest BCUT2D eigenvalue weighted by Crippen LogP contribution is -2.24. The van der Waals surface area contributed by atoms with E-state index >= 15 is 0 Å². The van der Waals surface area contributed by atoms with E-state index in [0.29, 0.717) is 17.3 Å². The Bertz CT molecular complexity index is 1060. The van der Waals surface area contributed by atoms with Gasteiger partial charge in [-0.25, -0.2) is 13.5 Å². The molecule has 2 aromatic carbocycles. The summed E-state index contributed by atoms with van der Waals surface area (Å²) in [5.74, 6) is -0.484. The summed E-state index contributed by atoms with van der Waals surface area (Å²) in [4.78, 5) is 12.3. The van der Waals surface area contributed by atoms with Crippen molar-refractivity contribution in [3.63, 3.8) is 0 Å². The summed E-state index contributed by atoms with van der Waals surface area (Å²) in [6.07, 6.45) is 1.79. The largest absolute Gasteiger partial charge is 0.493 e. The zero-order valence-electron chi connectivity index (χ0n) is 15.2. The van der Waals surface area contributed by atoms with Gasteiger partial charge in [-0.15, -0.1) is 0 Å². The van der Waals surface area contributed by atoms with Crippen molar-refractivity contribution < 1.29 is 23.0 Å². The van der Waals surface area contributed by atoms with Crippen LogP contribution < -0.4 is 14.8 Å². The highest BCUT2D eigenvalue weighted by Gasteiger charge is 2.31. The highest BCUT2D eigenvalue weighted by Crippen LogP contribution is 2.40. The number of hydrogen-bond acceptors (Lipinski definition) is 4. The van der Waals surface area contributed by atoms with Gasteiger partial charge in [0.25, 0.3) is 0 Å². The minimum atomic E-state index is -0.770. The molecule has 0 fully saturated rings. The molecule has 2 heterocycles. The van der Waals surface area contributed by atoms with Gasteiger partial charge in [-0.2, -0.15) is 5.10 Å². The summed E-state index contributed by atoms with van der Waals surface area (Å²) in [6.45, 7) is 0. The standard InChI is InChI=1S/C20H17F2N3O3/c1-27-17-6-3-11(7-18(17)28-2)13-9-19(26)24-20-14(13)10-23-25(20)16-5-4-12(21)8-15(16)22/h3-8,10,13H,9H2,1-2H3,(H,24,26). The summed E-state index contributed by atoms with van der Waals surface area (Å²) in [7, 11) is 3.08. The molecule has 1 aliphatic heterocycles. The number of nitrogens with one attached hydrogen (secondary N) is 1. The number of carbonyl (C=O) groups is 1. The van der Waals surface area contributed by atoms with Gasteiger partial charge < -0.3 is 14.8 Å². The van der Waals surface area contributed by atoms with Crippen LogP contribution in [0.25, 0.3) is 5.69 Å². The highest BCUT2D eigenvalue weighted by molar-refractivity contribution is 5.94. The number of benzene rings is 2. The predicted molar refractivity (Wildman–Crippen MR) is 98.1 cm³/mol. The molecular formula is C20H17F2N3O3. The number of fused-ring (bicyclic) bond motifs is 1. The van der Waals surface area contributed by atoms with Crippen LogP contribution in [0, 0.1) is 11.6 Å². The van der Waals surface area contributed by atoms with Crippen LogP contribution in [0.4, 0.5) is 14.6 Å². The minimum Gasteiger partial charge on any atom is -0.493 e. The number of carbonyl (C=O) groups excluding carboxylic acids is 1.